The smallest absolute Gasteiger partial charge is 0.310 e. The summed E-state index contributed by atoms with van der Waals surface area (Å²) in [4.78, 5) is 12.7. The van der Waals surface area contributed by atoms with Gasteiger partial charge in [0, 0.05) is 5.41 Å². The van der Waals surface area contributed by atoms with Crippen molar-refractivity contribution in [1.82, 2.24) is 0 Å². The molecule has 1 aromatic rings. The van der Waals surface area contributed by atoms with Gasteiger partial charge in [0.15, 0.2) is 0 Å². The van der Waals surface area contributed by atoms with E-state index in [4.69, 9.17) is 4.74 Å². The summed E-state index contributed by atoms with van der Waals surface area (Å²) in [6.45, 7) is 8.99. The summed E-state index contributed by atoms with van der Waals surface area (Å²) < 4.78 is 6.04. The predicted molar refractivity (Wildman–Crippen MR) is 93.1 cm³/mol. The van der Waals surface area contributed by atoms with Gasteiger partial charge in [0.25, 0.3) is 0 Å². The van der Waals surface area contributed by atoms with Crippen LogP contribution in [-0.4, -0.2) is 12.1 Å². The lowest BCUT2D eigenvalue weighted by Gasteiger charge is -2.36. The van der Waals surface area contributed by atoms with Crippen LogP contribution in [0.1, 0.15) is 58.9 Å². The van der Waals surface area contributed by atoms with Crippen LogP contribution in [0.5, 0.6) is 0 Å². The minimum Gasteiger partial charge on any atom is -0.462 e. The van der Waals surface area contributed by atoms with E-state index in [1.54, 1.807) is 0 Å². The van der Waals surface area contributed by atoms with E-state index in [1.165, 1.54) is 18.4 Å². The Hall–Kier alpha value is -1.31. The van der Waals surface area contributed by atoms with Crippen LogP contribution in [0.25, 0.3) is 0 Å². The van der Waals surface area contributed by atoms with E-state index in [1.807, 2.05) is 6.07 Å². The van der Waals surface area contributed by atoms with Crippen molar-refractivity contribution in [1.29, 1.82) is 0 Å². The molecule has 0 heterocycles. The average Bonchev–Trinajstić information content (AvgIpc) is 3.22. The Balaban J connectivity index is 1.65. The summed E-state index contributed by atoms with van der Waals surface area (Å²) >= 11 is 0. The van der Waals surface area contributed by atoms with Crippen molar-refractivity contribution in [2.75, 3.05) is 0 Å². The minimum atomic E-state index is -0.0219. The second kappa shape index (κ2) is 6.30. The molecular weight excluding hydrogens is 284 g/mol. The lowest BCUT2D eigenvalue weighted by molar-refractivity contribution is -0.158. The Kier molecular flexibility index (Phi) is 4.53. The van der Waals surface area contributed by atoms with E-state index in [0.717, 1.165) is 12.8 Å². The fraction of sp³-hybridized carbons (Fsp3) is 0.667. The zero-order valence-corrected chi connectivity index (χ0v) is 14.9. The van der Waals surface area contributed by atoms with Gasteiger partial charge < -0.3 is 4.74 Å². The van der Waals surface area contributed by atoms with Crippen LogP contribution < -0.4 is 0 Å². The highest BCUT2D eigenvalue weighted by Gasteiger charge is 2.57. The maximum atomic E-state index is 12.7. The molecule has 0 unspecified atom stereocenters. The lowest BCUT2D eigenvalue weighted by atomic mass is 9.75. The summed E-state index contributed by atoms with van der Waals surface area (Å²) in [5.41, 5.74) is 1.24. The number of carbonyl (C=O) groups is 1. The zero-order chi connectivity index (χ0) is 16.6. The fourth-order valence-electron chi connectivity index (χ4n) is 4.33. The standard InChI is InChI=1S/C21H30O2/c1-14(2)17-11-10-15(3)12-19(17)23-20(22)18-13-21(18,4)16-8-6-5-7-9-16/h5-9,14-15,17-19H,10-13H2,1-4H3/t15-,17+,18-,19-,21-/m1/s1. The lowest BCUT2D eigenvalue weighted by Crippen LogP contribution is -2.36. The number of hydrogen-bond donors (Lipinski definition) is 0. The van der Waals surface area contributed by atoms with Gasteiger partial charge in [-0.25, -0.2) is 0 Å². The van der Waals surface area contributed by atoms with Gasteiger partial charge in [-0.15, -0.1) is 0 Å². The third-order valence-corrected chi connectivity index (χ3v) is 6.18. The Morgan fingerprint density at radius 1 is 1.22 bits per heavy atom. The first-order chi connectivity index (χ1) is 10.9. The molecule has 0 bridgehead atoms. The predicted octanol–water partition coefficient (Wildman–Crippen LogP) is 4.97. The van der Waals surface area contributed by atoms with Crippen molar-refractivity contribution in [3.8, 4) is 0 Å². The van der Waals surface area contributed by atoms with Gasteiger partial charge in [-0.05, 0) is 42.6 Å². The van der Waals surface area contributed by atoms with Gasteiger partial charge >= 0.3 is 5.97 Å². The van der Waals surface area contributed by atoms with E-state index in [2.05, 4.69) is 52.0 Å². The molecule has 126 valence electrons. The number of ether oxygens (including phenoxy) is 1. The topological polar surface area (TPSA) is 26.3 Å². The van der Waals surface area contributed by atoms with E-state index in [-0.39, 0.29) is 23.4 Å². The maximum absolute atomic E-state index is 12.7. The number of hydrogen-bond acceptors (Lipinski definition) is 2. The first-order valence-electron chi connectivity index (χ1n) is 9.18. The van der Waals surface area contributed by atoms with Crippen LogP contribution in [0, 0.1) is 23.7 Å². The van der Waals surface area contributed by atoms with Gasteiger partial charge in [0.2, 0.25) is 0 Å². The Bertz CT molecular complexity index is 550. The molecule has 2 heteroatoms. The van der Waals surface area contributed by atoms with Gasteiger partial charge in [-0.3, -0.25) is 4.79 Å². The molecule has 2 aliphatic rings. The molecule has 2 fully saturated rings. The van der Waals surface area contributed by atoms with Crippen molar-refractivity contribution < 1.29 is 9.53 Å². The summed E-state index contributed by atoms with van der Waals surface area (Å²) in [5, 5.41) is 0. The molecule has 5 atom stereocenters. The van der Waals surface area contributed by atoms with Crippen LogP contribution in [-0.2, 0) is 14.9 Å². The van der Waals surface area contributed by atoms with Crippen molar-refractivity contribution in [3.63, 3.8) is 0 Å². The van der Waals surface area contributed by atoms with Crippen molar-refractivity contribution in [3.05, 3.63) is 35.9 Å². The van der Waals surface area contributed by atoms with Gasteiger partial charge in [0.1, 0.15) is 6.10 Å². The van der Waals surface area contributed by atoms with Crippen LogP contribution in [0.2, 0.25) is 0 Å². The van der Waals surface area contributed by atoms with Crippen LogP contribution in [0.3, 0.4) is 0 Å². The van der Waals surface area contributed by atoms with E-state index in [0.29, 0.717) is 17.8 Å². The molecule has 0 aliphatic heterocycles. The second-order valence-electron chi connectivity index (χ2n) is 8.34. The number of benzene rings is 1. The summed E-state index contributed by atoms with van der Waals surface area (Å²) in [7, 11) is 0. The molecule has 1 aromatic carbocycles. The average molecular weight is 314 g/mol. The molecule has 2 nitrogen and oxygen atoms in total. The number of esters is 1. The van der Waals surface area contributed by atoms with Crippen LogP contribution in [0.4, 0.5) is 0 Å². The molecule has 0 N–H and O–H groups in total. The summed E-state index contributed by atoms with van der Waals surface area (Å²) in [5.74, 6) is 1.84. The summed E-state index contributed by atoms with van der Waals surface area (Å²) in [6.07, 6.45) is 4.53. The highest BCUT2D eigenvalue weighted by atomic mass is 16.5. The fourth-order valence-corrected chi connectivity index (χ4v) is 4.33. The monoisotopic (exact) mass is 314 g/mol. The van der Waals surface area contributed by atoms with Crippen molar-refractivity contribution in [2.45, 2.75) is 64.9 Å². The zero-order valence-electron chi connectivity index (χ0n) is 14.9. The molecule has 0 amide bonds. The Morgan fingerprint density at radius 3 is 2.57 bits per heavy atom. The molecule has 0 spiro atoms. The first kappa shape index (κ1) is 16.5. The normalized spacial score (nSPS) is 36.7. The molecule has 2 aliphatic carbocycles. The minimum absolute atomic E-state index is 0.0219. The van der Waals surface area contributed by atoms with Crippen LogP contribution >= 0.6 is 0 Å². The quantitative estimate of drug-likeness (QED) is 0.734. The maximum Gasteiger partial charge on any atom is 0.310 e. The number of rotatable bonds is 4. The molecule has 0 saturated heterocycles. The third kappa shape index (κ3) is 3.32. The Labute approximate surface area is 140 Å². The second-order valence-corrected chi connectivity index (χ2v) is 8.34. The number of carbonyl (C=O) groups excluding carboxylic acids is 1. The molecule has 2 saturated carbocycles. The molecule has 23 heavy (non-hydrogen) atoms. The third-order valence-electron chi connectivity index (χ3n) is 6.18. The summed E-state index contributed by atoms with van der Waals surface area (Å²) in [6, 6.07) is 10.4. The van der Waals surface area contributed by atoms with Gasteiger partial charge in [-0.2, -0.15) is 0 Å². The van der Waals surface area contributed by atoms with E-state index >= 15 is 0 Å². The highest BCUT2D eigenvalue weighted by molar-refractivity contribution is 5.79. The largest absolute Gasteiger partial charge is 0.462 e. The van der Waals surface area contributed by atoms with Crippen molar-refractivity contribution in [2.24, 2.45) is 23.7 Å². The molecular formula is C21H30O2. The van der Waals surface area contributed by atoms with E-state index in [9.17, 15) is 4.79 Å². The van der Waals surface area contributed by atoms with Crippen molar-refractivity contribution >= 4 is 5.97 Å². The van der Waals surface area contributed by atoms with Gasteiger partial charge in [-0.1, -0.05) is 64.4 Å². The highest BCUT2D eigenvalue weighted by Crippen LogP contribution is 2.54. The SMILES string of the molecule is CC(C)[C@@H]1CC[C@@H](C)C[C@H]1OC(=O)[C@H]1C[C@]1(C)c1ccccc1. The first-order valence-corrected chi connectivity index (χ1v) is 9.18. The molecule has 0 aromatic heterocycles. The van der Waals surface area contributed by atoms with Crippen LogP contribution in [0.15, 0.2) is 30.3 Å². The molecule has 3 rings (SSSR count). The Morgan fingerprint density at radius 2 is 1.91 bits per heavy atom. The van der Waals surface area contributed by atoms with E-state index < -0.39 is 0 Å². The molecule has 0 radical (unpaired) electrons. The van der Waals surface area contributed by atoms with Gasteiger partial charge in [0.05, 0.1) is 5.92 Å².